The van der Waals surface area contributed by atoms with E-state index < -0.39 is 13.7 Å². The van der Waals surface area contributed by atoms with Crippen LogP contribution in [0, 0.1) is 26.0 Å². The van der Waals surface area contributed by atoms with Crippen molar-refractivity contribution in [1.29, 1.82) is 0 Å². The Kier molecular flexibility index (Phi) is 9.21. The van der Waals surface area contributed by atoms with Gasteiger partial charge in [0.15, 0.2) is 0 Å². The van der Waals surface area contributed by atoms with E-state index in [0.29, 0.717) is 11.3 Å². The molecule has 0 bridgehead atoms. The first kappa shape index (κ1) is 32.7. The second-order valence-electron chi connectivity index (χ2n) is 14.5. The van der Waals surface area contributed by atoms with E-state index in [1.165, 1.54) is 35.2 Å². The van der Waals surface area contributed by atoms with Gasteiger partial charge in [-0.05, 0) is 69.3 Å². The molecular formula is C56H39IrN3O-2. The monoisotopic (exact) mass is 968 g/mol. The van der Waals surface area contributed by atoms with Crippen molar-refractivity contribution in [2.24, 2.45) is 0 Å². The molecule has 1 radical (unpaired) electrons. The van der Waals surface area contributed by atoms with Crippen LogP contribution in [-0.2, 0) is 20.1 Å². The van der Waals surface area contributed by atoms with E-state index in [9.17, 15) is 0 Å². The van der Waals surface area contributed by atoms with Gasteiger partial charge in [-0.25, -0.2) is 0 Å². The molecule has 3 heterocycles. The first-order valence-corrected chi connectivity index (χ1v) is 19.6. The Morgan fingerprint density at radius 3 is 1.95 bits per heavy atom. The third kappa shape index (κ3) is 7.85. The van der Waals surface area contributed by atoms with Gasteiger partial charge in [0.2, 0.25) is 0 Å². The van der Waals surface area contributed by atoms with Crippen LogP contribution < -0.4 is 0 Å². The van der Waals surface area contributed by atoms with Crippen LogP contribution in [0.25, 0.3) is 94.5 Å². The molecule has 11 aromatic rings. The van der Waals surface area contributed by atoms with E-state index >= 15 is 0 Å². The first-order valence-electron chi connectivity index (χ1n) is 22.6. The van der Waals surface area contributed by atoms with Crippen LogP contribution in [0.5, 0.6) is 0 Å². The molecule has 0 N–H and O–H groups in total. The Balaban J connectivity index is 0.000000226. The number of rotatable bonds is 6. The zero-order valence-corrected chi connectivity index (χ0v) is 35.0. The molecule has 0 aliphatic heterocycles. The average molecular weight is 968 g/mol. The van der Waals surface area contributed by atoms with Gasteiger partial charge < -0.3 is 14.0 Å². The molecule has 0 aliphatic rings. The summed E-state index contributed by atoms with van der Waals surface area (Å²) >= 11 is 0. The van der Waals surface area contributed by atoms with E-state index in [1.807, 2.05) is 12.1 Å². The molecule has 61 heavy (non-hydrogen) atoms. The number of imidazole rings is 1. The van der Waals surface area contributed by atoms with Crippen molar-refractivity contribution in [3.8, 4) is 61.7 Å². The van der Waals surface area contributed by atoms with Gasteiger partial charge in [0.25, 0.3) is 0 Å². The Bertz CT molecular complexity index is 3380. The molecule has 0 fully saturated rings. The summed E-state index contributed by atoms with van der Waals surface area (Å²) in [6.07, 6.45) is 4.57. The zero-order valence-electron chi connectivity index (χ0n) is 38.6. The van der Waals surface area contributed by atoms with Gasteiger partial charge in [0, 0.05) is 57.5 Å². The minimum absolute atomic E-state index is 0. The standard InChI is InChI=1S/C43H27N2O.C13H12N.Ir/c1-3-13-30(14-4-1)35-18-11-19-36(31-15-5-2-6-16-31)42(35)45-40-21-10-9-20-39(40)44-43(45)38-28-46-41-25-24-34(27-37(38)41)33-23-22-29-12-7-8-17-32(29)26-33;1-10-3-6-12(7-4-10)13-8-5-11(2)9-14-13;/h1-27H;3-6,8-9H,1-2H3;/q2*-1;/i;1D3,2D3;. The molecule has 11 rings (SSSR count). The van der Waals surface area contributed by atoms with Gasteiger partial charge >= 0.3 is 0 Å². The summed E-state index contributed by atoms with van der Waals surface area (Å²) in [6.45, 7) is -4.34. The minimum atomic E-state index is -2.18. The van der Waals surface area contributed by atoms with Crippen LogP contribution in [-0.4, -0.2) is 14.5 Å². The quantitative estimate of drug-likeness (QED) is 0.156. The maximum atomic E-state index is 7.28. The van der Waals surface area contributed by atoms with Gasteiger partial charge in [-0.2, -0.15) is 0 Å². The van der Waals surface area contributed by atoms with Gasteiger partial charge in [0.05, 0.1) is 22.5 Å². The molecule has 5 heteroatoms. The fourth-order valence-electron chi connectivity index (χ4n) is 7.73. The van der Waals surface area contributed by atoms with E-state index in [4.69, 9.17) is 17.6 Å². The van der Waals surface area contributed by atoms with E-state index in [2.05, 4.69) is 174 Å². The fourth-order valence-corrected chi connectivity index (χ4v) is 7.73. The smallest absolute Gasteiger partial charge is 0.0774 e. The summed E-state index contributed by atoms with van der Waals surface area (Å²) in [5, 5.41) is 3.41. The third-order valence-electron chi connectivity index (χ3n) is 10.7. The summed E-state index contributed by atoms with van der Waals surface area (Å²) in [5.41, 5.74) is 12.9. The summed E-state index contributed by atoms with van der Waals surface area (Å²) < 4.78 is 52.0. The number of hydrogen-bond acceptors (Lipinski definition) is 3. The van der Waals surface area contributed by atoms with Crippen molar-refractivity contribution < 1.29 is 32.7 Å². The predicted molar refractivity (Wildman–Crippen MR) is 247 cm³/mol. The average Bonchev–Trinajstić information content (AvgIpc) is 3.95. The van der Waals surface area contributed by atoms with Gasteiger partial charge in [-0.3, -0.25) is 4.98 Å². The van der Waals surface area contributed by atoms with Crippen LogP contribution in [0.2, 0.25) is 0 Å². The Morgan fingerprint density at radius 1 is 0.574 bits per heavy atom. The number of para-hydroxylation sites is 3. The SMILES string of the molecule is [2H]C([2H])([2H])c1c[c-]c(-c2ccc(C([2H])([2H])[2H])cn2)cc1.[Ir].[c-]1oc2ccc(-c3ccc4ccccc4c3)cc2c1-c1nc2ccccc2n1-c1c(-c2ccccc2)cccc1-c1ccccc1. The second-order valence-corrected chi connectivity index (χ2v) is 14.5. The van der Waals surface area contributed by atoms with E-state index in [0.717, 1.165) is 72.5 Å². The molecule has 3 aromatic heterocycles. The van der Waals surface area contributed by atoms with Crippen molar-refractivity contribution >= 4 is 32.8 Å². The van der Waals surface area contributed by atoms with Crippen molar-refractivity contribution in [3.05, 3.63) is 224 Å². The van der Waals surface area contributed by atoms with Crippen molar-refractivity contribution in [1.82, 2.24) is 14.5 Å². The number of aromatic nitrogens is 3. The van der Waals surface area contributed by atoms with Crippen LogP contribution in [0.4, 0.5) is 0 Å². The third-order valence-corrected chi connectivity index (χ3v) is 10.7. The molecule has 0 spiro atoms. The zero-order chi connectivity index (χ0) is 45.4. The molecule has 0 saturated carbocycles. The van der Waals surface area contributed by atoms with Gasteiger partial charge in [-0.1, -0.05) is 176 Å². The maximum absolute atomic E-state index is 7.28. The second kappa shape index (κ2) is 17.2. The van der Waals surface area contributed by atoms with Gasteiger partial charge in [0.1, 0.15) is 0 Å². The normalized spacial score (nSPS) is 12.9. The molecule has 0 aliphatic carbocycles. The van der Waals surface area contributed by atoms with Crippen molar-refractivity contribution in [2.45, 2.75) is 13.7 Å². The number of furan rings is 1. The van der Waals surface area contributed by atoms with Crippen LogP contribution in [0.1, 0.15) is 19.4 Å². The van der Waals surface area contributed by atoms with E-state index in [1.54, 1.807) is 12.1 Å². The Hall–Kier alpha value is -7.17. The van der Waals surface area contributed by atoms with Crippen molar-refractivity contribution in [2.75, 3.05) is 0 Å². The molecule has 0 saturated heterocycles. The van der Waals surface area contributed by atoms with Crippen LogP contribution >= 0.6 is 0 Å². The summed E-state index contributed by atoms with van der Waals surface area (Å²) in [4.78, 5) is 9.34. The molecule has 0 amide bonds. The molecular weight excluding hydrogens is 923 g/mol. The fraction of sp³-hybridized carbons (Fsp3) is 0.0357. The summed E-state index contributed by atoms with van der Waals surface area (Å²) in [7, 11) is 0. The number of hydrogen-bond donors (Lipinski definition) is 0. The van der Waals surface area contributed by atoms with Gasteiger partial charge in [-0.15, -0.1) is 35.4 Å². The molecule has 0 unspecified atom stereocenters. The number of fused-ring (bicyclic) bond motifs is 3. The number of aryl methyl sites for hydroxylation is 2. The molecule has 295 valence electrons. The summed E-state index contributed by atoms with van der Waals surface area (Å²) in [5.74, 6) is 0.788. The largest absolute Gasteiger partial charge is 0.557 e. The van der Waals surface area contributed by atoms with Crippen molar-refractivity contribution in [3.63, 3.8) is 0 Å². The van der Waals surface area contributed by atoms with Crippen LogP contribution in [0.15, 0.2) is 205 Å². The first-order chi connectivity index (χ1) is 32.0. The molecule has 4 nitrogen and oxygen atoms in total. The summed E-state index contributed by atoms with van der Waals surface area (Å²) in [6, 6.07) is 67.9. The topological polar surface area (TPSA) is 43.9 Å². The number of pyridine rings is 1. The Labute approximate surface area is 377 Å². The Morgan fingerprint density at radius 2 is 1.25 bits per heavy atom. The molecule has 0 atom stereocenters. The predicted octanol–water partition coefficient (Wildman–Crippen LogP) is 14.6. The van der Waals surface area contributed by atoms with Crippen LogP contribution in [0.3, 0.4) is 0 Å². The molecule has 8 aromatic carbocycles. The van der Waals surface area contributed by atoms with E-state index in [-0.39, 0.29) is 31.2 Å². The minimum Gasteiger partial charge on any atom is -0.557 e. The number of nitrogens with zero attached hydrogens (tertiary/aromatic N) is 3. The maximum Gasteiger partial charge on any atom is 0.0774 e. The number of benzene rings is 8.